The van der Waals surface area contributed by atoms with E-state index in [1.807, 2.05) is 18.2 Å². The molecule has 0 radical (unpaired) electrons. The highest BCUT2D eigenvalue weighted by atomic mass is 32.2. The van der Waals surface area contributed by atoms with Gasteiger partial charge in [0.2, 0.25) is 15.9 Å². The molecule has 11 heteroatoms. The molecule has 2 N–H and O–H groups in total. The summed E-state index contributed by atoms with van der Waals surface area (Å²) in [5.74, 6) is 0.501. The van der Waals surface area contributed by atoms with Crippen LogP contribution in [0.1, 0.15) is 31.2 Å². The van der Waals surface area contributed by atoms with Crippen LogP contribution in [0.5, 0.6) is 5.75 Å². The highest BCUT2D eigenvalue weighted by molar-refractivity contribution is 7.89. The number of methoxy groups -OCH3 is 1. The zero-order valence-corrected chi connectivity index (χ0v) is 23.7. The summed E-state index contributed by atoms with van der Waals surface area (Å²) in [5.41, 5.74) is 1.26. The summed E-state index contributed by atoms with van der Waals surface area (Å²) >= 11 is 0. The van der Waals surface area contributed by atoms with Gasteiger partial charge in [-0.05, 0) is 49.1 Å². The Labute approximate surface area is 236 Å². The van der Waals surface area contributed by atoms with Crippen molar-refractivity contribution in [2.45, 2.75) is 67.5 Å². The van der Waals surface area contributed by atoms with E-state index in [4.69, 9.17) is 14.2 Å². The maximum atomic E-state index is 13.7. The van der Waals surface area contributed by atoms with E-state index < -0.39 is 28.3 Å². The second kappa shape index (κ2) is 13.0. The highest BCUT2D eigenvalue weighted by Gasteiger charge is 2.43. The zero-order valence-electron chi connectivity index (χ0n) is 22.9. The van der Waals surface area contributed by atoms with Gasteiger partial charge in [-0.3, -0.25) is 9.69 Å². The first-order chi connectivity index (χ1) is 19.3. The second-order valence-electron chi connectivity index (χ2n) is 10.9. The number of amides is 1. The van der Waals surface area contributed by atoms with Gasteiger partial charge in [0.05, 0.1) is 56.0 Å². The van der Waals surface area contributed by atoms with Gasteiger partial charge in [-0.15, -0.1) is 0 Å². The molecule has 0 aromatic heterocycles. The standard InChI is InChI=1S/C29H39N3O7S/c1-37-24-7-10-26(11-8-24)40(35,36)32-18-23(33)19-38-20-28-27(32)12-9-25(39-28)15-29(34)30-22-13-14-31(17-22)16-21-5-3-2-4-6-21/h2-8,10-11,22-23,25,27-28,33H,9,12-20H2,1H3,(H,30,34)/t22-,23+,25+,27+,28-/m0/s1. The molecule has 5 atom stereocenters. The first-order valence-corrected chi connectivity index (χ1v) is 15.4. The van der Waals surface area contributed by atoms with E-state index in [-0.39, 0.29) is 49.1 Å². The van der Waals surface area contributed by atoms with Crippen molar-refractivity contribution in [3.63, 3.8) is 0 Å². The number of aliphatic hydroxyl groups excluding tert-OH is 1. The number of hydrogen-bond donors (Lipinski definition) is 2. The van der Waals surface area contributed by atoms with Gasteiger partial charge in [-0.25, -0.2) is 8.42 Å². The number of rotatable bonds is 8. The Balaban J connectivity index is 1.18. The molecule has 40 heavy (non-hydrogen) atoms. The molecule has 0 unspecified atom stereocenters. The van der Waals surface area contributed by atoms with E-state index in [2.05, 4.69) is 22.3 Å². The van der Waals surface area contributed by atoms with Crippen molar-refractivity contribution in [3.8, 4) is 5.75 Å². The van der Waals surface area contributed by atoms with Gasteiger partial charge in [0.25, 0.3) is 0 Å². The van der Waals surface area contributed by atoms with Gasteiger partial charge < -0.3 is 24.6 Å². The van der Waals surface area contributed by atoms with Crippen LogP contribution >= 0.6 is 0 Å². The minimum Gasteiger partial charge on any atom is -0.497 e. The molecule has 0 bridgehead atoms. The smallest absolute Gasteiger partial charge is 0.243 e. The molecule has 0 aliphatic carbocycles. The summed E-state index contributed by atoms with van der Waals surface area (Å²) in [6, 6.07) is 16.1. The number of benzene rings is 2. The zero-order chi connectivity index (χ0) is 28.1. The number of sulfonamides is 1. The topological polar surface area (TPSA) is 118 Å². The molecule has 0 spiro atoms. The Bertz CT molecular complexity index is 1230. The van der Waals surface area contributed by atoms with Crippen LogP contribution in [0.25, 0.3) is 0 Å². The van der Waals surface area contributed by atoms with Crippen LogP contribution in [0.4, 0.5) is 0 Å². The molecule has 1 amide bonds. The maximum Gasteiger partial charge on any atom is 0.243 e. The van der Waals surface area contributed by atoms with Crippen molar-refractivity contribution in [3.05, 3.63) is 60.2 Å². The second-order valence-corrected chi connectivity index (χ2v) is 12.8. The minimum atomic E-state index is -3.92. The van der Waals surface area contributed by atoms with Gasteiger partial charge in [-0.1, -0.05) is 30.3 Å². The van der Waals surface area contributed by atoms with E-state index >= 15 is 0 Å². The summed E-state index contributed by atoms with van der Waals surface area (Å²) in [7, 11) is -2.39. The van der Waals surface area contributed by atoms with Crippen molar-refractivity contribution >= 4 is 15.9 Å². The number of aliphatic hydroxyl groups is 1. The van der Waals surface area contributed by atoms with Gasteiger partial charge in [0.1, 0.15) is 5.75 Å². The minimum absolute atomic E-state index is 0.00747. The molecule has 3 aliphatic heterocycles. The lowest BCUT2D eigenvalue weighted by Crippen LogP contribution is -2.57. The summed E-state index contributed by atoms with van der Waals surface area (Å²) in [6.45, 7) is 2.67. The maximum absolute atomic E-state index is 13.7. The Morgan fingerprint density at radius 2 is 1.82 bits per heavy atom. The molecule has 5 rings (SSSR count). The van der Waals surface area contributed by atoms with E-state index in [1.165, 1.54) is 29.1 Å². The van der Waals surface area contributed by atoms with E-state index in [1.54, 1.807) is 12.1 Å². The lowest BCUT2D eigenvalue weighted by Gasteiger charge is -2.43. The number of hydrogen-bond acceptors (Lipinski definition) is 8. The number of nitrogens with zero attached hydrogens (tertiary/aromatic N) is 2. The third kappa shape index (κ3) is 7.02. The van der Waals surface area contributed by atoms with Crippen LogP contribution in [-0.4, -0.2) is 99.0 Å². The normalized spacial score (nSPS) is 28.3. The summed E-state index contributed by atoms with van der Waals surface area (Å²) in [5, 5.41) is 13.6. The molecule has 3 heterocycles. The van der Waals surface area contributed by atoms with Gasteiger partial charge in [0.15, 0.2) is 0 Å². The van der Waals surface area contributed by atoms with E-state index in [0.29, 0.717) is 18.6 Å². The molecule has 3 fully saturated rings. The number of carbonyl (C=O) groups excluding carboxylic acids is 1. The molecule has 3 aliphatic rings. The van der Waals surface area contributed by atoms with E-state index in [9.17, 15) is 18.3 Å². The van der Waals surface area contributed by atoms with Gasteiger partial charge >= 0.3 is 0 Å². The fourth-order valence-corrected chi connectivity index (χ4v) is 7.60. The largest absolute Gasteiger partial charge is 0.497 e. The van der Waals surface area contributed by atoms with E-state index in [0.717, 1.165) is 26.1 Å². The molecule has 0 saturated carbocycles. The average molecular weight is 574 g/mol. The first-order valence-electron chi connectivity index (χ1n) is 13.9. The molecular formula is C29H39N3O7S. The quantitative estimate of drug-likeness (QED) is 0.491. The predicted molar refractivity (Wildman–Crippen MR) is 148 cm³/mol. The molecule has 2 aromatic rings. The van der Waals surface area contributed by atoms with Gasteiger partial charge in [-0.2, -0.15) is 4.31 Å². The number of nitrogens with one attached hydrogen (secondary N) is 1. The number of carbonyl (C=O) groups is 1. The average Bonchev–Trinajstić information content (AvgIpc) is 3.37. The van der Waals surface area contributed by atoms with Crippen LogP contribution in [0.3, 0.4) is 0 Å². The molecule has 2 aromatic carbocycles. The molecule has 3 saturated heterocycles. The first kappa shape index (κ1) is 29.0. The summed E-state index contributed by atoms with van der Waals surface area (Å²) in [6.07, 6.45) is 0.328. The Morgan fingerprint density at radius 3 is 2.58 bits per heavy atom. The van der Waals surface area contributed by atoms with Crippen molar-refractivity contribution < 1.29 is 32.5 Å². The summed E-state index contributed by atoms with van der Waals surface area (Å²) in [4.78, 5) is 15.4. The van der Waals surface area contributed by atoms with Crippen molar-refractivity contribution in [1.82, 2.24) is 14.5 Å². The monoisotopic (exact) mass is 573 g/mol. The third-order valence-corrected chi connectivity index (χ3v) is 9.80. The van der Waals surface area contributed by atoms with Crippen LogP contribution in [-0.2, 0) is 30.8 Å². The van der Waals surface area contributed by atoms with Crippen LogP contribution in [0.2, 0.25) is 0 Å². The summed E-state index contributed by atoms with van der Waals surface area (Å²) < 4.78 is 45.8. The Kier molecular flexibility index (Phi) is 9.39. The van der Waals surface area contributed by atoms with Crippen molar-refractivity contribution in [2.75, 3.05) is 40.0 Å². The molecule has 10 nitrogen and oxygen atoms in total. The lowest BCUT2D eigenvalue weighted by molar-refractivity contribution is -0.146. The van der Waals surface area contributed by atoms with Crippen LogP contribution in [0.15, 0.2) is 59.5 Å². The third-order valence-electron chi connectivity index (χ3n) is 7.90. The van der Waals surface area contributed by atoms with Crippen molar-refractivity contribution in [2.24, 2.45) is 0 Å². The predicted octanol–water partition coefficient (Wildman–Crippen LogP) is 1.77. The van der Waals surface area contributed by atoms with Crippen molar-refractivity contribution in [1.29, 1.82) is 0 Å². The molecule has 218 valence electrons. The lowest BCUT2D eigenvalue weighted by atomic mass is 9.96. The fraction of sp³-hybridized carbons (Fsp3) is 0.552. The van der Waals surface area contributed by atoms with Crippen LogP contribution < -0.4 is 10.1 Å². The Morgan fingerprint density at radius 1 is 1.05 bits per heavy atom. The Hall–Kier alpha value is -2.54. The number of fused-ring (bicyclic) bond motifs is 1. The number of ether oxygens (including phenoxy) is 3. The molecular weight excluding hydrogens is 534 g/mol. The SMILES string of the molecule is COc1ccc(S(=O)(=O)N2C[C@@H](O)COC[C@@H]3O[C@@H](CC(=O)N[C@H]4CCN(Cc5ccccc5)C4)CC[C@H]32)cc1. The van der Waals surface area contributed by atoms with Gasteiger partial charge in [0, 0.05) is 32.2 Å². The highest BCUT2D eigenvalue weighted by Crippen LogP contribution is 2.32. The number of likely N-dealkylation sites (tertiary alicyclic amines) is 1. The fourth-order valence-electron chi connectivity index (χ4n) is 5.88. The van der Waals surface area contributed by atoms with Crippen LogP contribution in [0, 0.1) is 0 Å². The number of β-amino-alcohol motifs (C(OH)–C–C–N with tert-alkyl or cyclic N) is 1.